The molecule has 0 aromatic heterocycles. The third-order valence-corrected chi connectivity index (χ3v) is 3.22. The number of hydrogen-bond acceptors (Lipinski definition) is 1. The normalized spacial score (nSPS) is 32.3. The Hall–Kier alpha value is 0.180. The third kappa shape index (κ3) is 1.85. The first-order valence-corrected chi connectivity index (χ1v) is 4.89. The maximum absolute atomic E-state index is 5.60. The summed E-state index contributed by atoms with van der Waals surface area (Å²) in [5.74, 6) is 0. The van der Waals surface area contributed by atoms with Crippen LogP contribution in [0.25, 0.3) is 0 Å². The zero-order chi connectivity index (χ0) is 8.48. The molecule has 1 heterocycles. The first-order chi connectivity index (χ1) is 5.08. The van der Waals surface area contributed by atoms with E-state index in [-0.39, 0.29) is 5.41 Å². The molecule has 0 aromatic rings. The van der Waals surface area contributed by atoms with Crippen molar-refractivity contribution in [3.8, 4) is 0 Å². The standard InChI is InChI=1S/C9H15BrO/c1-4-9(2,3)8-7(10)5-6-11-8/h4,7-8H,1,5-6H2,2-3H3. The van der Waals surface area contributed by atoms with Crippen molar-refractivity contribution in [2.75, 3.05) is 6.61 Å². The Morgan fingerprint density at radius 3 is 2.64 bits per heavy atom. The lowest BCUT2D eigenvalue weighted by molar-refractivity contribution is 0.0466. The maximum atomic E-state index is 5.60. The molecule has 0 spiro atoms. The average Bonchev–Trinajstić information content (AvgIpc) is 2.36. The van der Waals surface area contributed by atoms with Crippen LogP contribution in [0.3, 0.4) is 0 Å². The molecule has 0 amide bonds. The molecule has 1 fully saturated rings. The van der Waals surface area contributed by atoms with Crippen LogP contribution in [0.2, 0.25) is 0 Å². The van der Waals surface area contributed by atoms with Gasteiger partial charge in [0.2, 0.25) is 0 Å². The molecule has 1 aliphatic rings. The van der Waals surface area contributed by atoms with Gasteiger partial charge in [0, 0.05) is 16.8 Å². The Bertz CT molecular complexity index is 154. The molecule has 0 aromatic carbocycles. The Morgan fingerprint density at radius 1 is 1.64 bits per heavy atom. The van der Waals surface area contributed by atoms with Crippen LogP contribution in [0.15, 0.2) is 12.7 Å². The summed E-state index contributed by atoms with van der Waals surface area (Å²) < 4.78 is 5.60. The molecule has 11 heavy (non-hydrogen) atoms. The molecule has 2 unspecified atom stereocenters. The average molecular weight is 219 g/mol. The molecule has 2 atom stereocenters. The highest BCUT2D eigenvalue weighted by Crippen LogP contribution is 2.35. The molecule has 64 valence electrons. The lowest BCUT2D eigenvalue weighted by Gasteiger charge is -2.29. The summed E-state index contributed by atoms with van der Waals surface area (Å²) in [6.07, 6.45) is 3.37. The van der Waals surface area contributed by atoms with Crippen molar-refractivity contribution in [3.05, 3.63) is 12.7 Å². The molecular weight excluding hydrogens is 204 g/mol. The molecule has 1 aliphatic heterocycles. The van der Waals surface area contributed by atoms with E-state index in [1.807, 2.05) is 6.08 Å². The zero-order valence-corrected chi connectivity index (χ0v) is 8.73. The van der Waals surface area contributed by atoms with Crippen LogP contribution in [0, 0.1) is 5.41 Å². The predicted octanol–water partition coefficient (Wildman–Crippen LogP) is 2.75. The predicted molar refractivity (Wildman–Crippen MR) is 51.1 cm³/mol. The van der Waals surface area contributed by atoms with Crippen molar-refractivity contribution < 1.29 is 4.74 Å². The van der Waals surface area contributed by atoms with E-state index in [1.54, 1.807) is 0 Å². The quantitative estimate of drug-likeness (QED) is 0.512. The minimum atomic E-state index is 0.0880. The Balaban J connectivity index is 2.65. The smallest absolute Gasteiger partial charge is 0.0785 e. The van der Waals surface area contributed by atoms with E-state index in [0.29, 0.717) is 10.9 Å². The van der Waals surface area contributed by atoms with Crippen LogP contribution in [-0.4, -0.2) is 17.5 Å². The molecule has 0 saturated carbocycles. The third-order valence-electron chi connectivity index (χ3n) is 2.28. The van der Waals surface area contributed by atoms with Gasteiger partial charge in [-0.2, -0.15) is 0 Å². The van der Waals surface area contributed by atoms with Gasteiger partial charge in [-0.15, -0.1) is 6.58 Å². The monoisotopic (exact) mass is 218 g/mol. The number of hydrogen-bond donors (Lipinski definition) is 0. The van der Waals surface area contributed by atoms with Gasteiger partial charge in [-0.25, -0.2) is 0 Å². The molecule has 0 radical (unpaired) electrons. The maximum Gasteiger partial charge on any atom is 0.0785 e. The van der Waals surface area contributed by atoms with E-state index in [0.717, 1.165) is 13.0 Å². The van der Waals surface area contributed by atoms with E-state index >= 15 is 0 Å². The summed E-state index contributed by atoms with van der Waals surface area (Å²) in [5.41, 5.74) is 0.0880. The first kappa shape index (κ1) is 9.27. The fraction of sp³-hybridized carbons (Fsp3) is 0.778. The van der Waals surface area contributed by atoms with Gasteiger partial charge in [0.15, 0.2) is 0 Å². The fourth-order valence-electron chi connectivity index (χ4n) is 1.36. The largest absolute Gasteiger partial charge is 0.376 e. The van der Waals surface area contributed by atoms with Crippen molar-refractivity contribution in [2.45, 2.75) is 31.2 Å². The van der Waals surface area contributed by atoms with E-state index in [9.17, 15) is 0 Å². The Morgan fingerprint density at radius 2 is 2.27 bits per heavy atom. The Labute approximate surface area is 76.9 Å². The van der Waals surface area contributed by atoms with Crippen molar-refractivity contribution in [3.63, 3.8) is 0 Å². The van der Waals surface area contributed by atoms with Crippen LogP contribution >= 0.6 is 15.9 Å². The highest BCUT2D eigenvalue weighted by atomic mass is 79.9. The first-order valence-electron chi connectivity index (χ1n) is 3.97. The molecule has 0 bridgehead atoms. The fourth-order valence-corrected chi connectivity index (χ4v) is 2.38. The second-order valence-corrected chi connectivity index (χ2v) is 4.80. The van der Waals surface area contributed by atoms with Gasteiger partial charge in [-0.3, -0.25) is 0 Å². The summed E-state index contributed by atoms with van der Waals surface area (Å²) in [4.78, 5) is 0.496. The number of ether oxygens (including phenoxy) is 1. The van der Waals surface area contributed by atoms with Crippen LogP contribution < -0.4 is 0 Å². The van der Waals surface area contributed by atoms with Crippen LogP contribution in [0.4, 0.5) is 0 Å². The molecular formula is C9H15BrO. The van der Waals surface area contributed by atoms with E-state index in [2.05, 4.69) is 36.4 Å². The van der Waals surface area contributed by atoms with Crippen molar-refractivity contribution in [1.82, 2.24) is 0 Å². The Kier molecular flexibility index (Phi) is 2.76. The van der Waals surface area contributed by atoms with Gasteiger partial charge in [-0.05, 0) is 6.42 Å². The molecule has 1 saturated heterocycles. The molecule has 0 N–H and O–H groups in total. The second kappa shape index (κ2) is 3.28. The van der Waals surface area contributed by atoms with Gasteiger partial charge in [0.25, 0.3) is 0 Å². The second-order valence-electron chi connectivity index (χ2n) is 3.62. The molecule has 2 heteroatoms. The van der Waals surface area contributed by atoms with Gasteiger partial charge < -0.3 is 4.74 Å². The van der Waals surface area contributed by atoms with E-state index < -0.39 is 0 Å². The minimum Gasteiger partial charge on any atom is -0.376 e. The van der Waals surface area contributed by atoms with Crippen LogP contribution in [0.5, 0.6) is 0 Å². The van der Waals surface area contributed by atoms with E-state index in [4.69, 9.17) is 4.74 Å². The summed E-state index contributed by atoms with van der Waals surface area (Å²) in [7, 11) is 0. The molecule has 0 aliphatic carbocycles. The van der Waals surface area contributed by atoms with Gasteiger partial charge in [0.05, 0.1) is 6.10 Å². The lowest BCUT2D eigenvalue weighted by atomic mass is 9.85. The zero-order valence-electron chi connectivity index (χ0n) is 7.14. The molecule has 1 rings (SSSR count). The van der Waals surface area contributed by atoms with E-state index in [1.165, 1.54) is 0 Å². The summed E-state index contributed by atoms with van der Waals surface area (Å²) >= 11 is 3.61. The topological polar surface area (TPSA) is 9.23 Å². The highest BCUT2D eigenvalue weighted by Gasteiger charge is 2.36. The van der Waals surface area contributed by atoms with Crippen LogP contribution in [0.1, 0.15) is 20.3 Å². The van der Waals surface area contributed by atoms with Crippen LogP contribution in [-0.2, 0) is 4.74 Å². The SMILES string of the molecule is C=CC(C)(C)C1OCCC1Br. The van der Waals surface area contributed by atoms with Crippen molar-refractivity contribution in [2.24, 2.45) is 5.41 Å². The van der Waals surface area contributed by atoms with Crippen molar-refractivity contribution in [1.29, 1.82) is 0 Å². The van der Waals surface area contributed by atoms with Gasteiger partial charge in [-0.1, -0.05) is 35.9 Å². The lowest BCUT2D eigenvalue weighted by Crippen LogP contribution is -2.32. The number of alkyl halides is 1. The van der Waals surface area contributed by atoms with Crippen molar-refractivity contribution >= 4 is 15.9 Å². The number of rotatable bonds is 2. The number of halogens is 1. The summed E-state index contributed by atoms with van der Waals surface area (Å²) in [5, 5.41) is 0. The summed E-state index contributed by atoms with van der Waals surface area (Å²) in [6, 6.07) is 0. The van der Waals surface area contributed by atoms with Gasteiger partial charge >= 0.3 is 0 Å². The summed E-state index contributed by atoms with van der Waals surface area (Å²) in [6.45, 7) is 9.00. The minimum absolute atomic E-state index is 0.0880. The van der Waals surface area contributed by atoms with Gasteiger partial charge in [0.1, 0.15) is 0 Å². The molecule has 1 nitrogen and oxygen atoms in total. The highest BCUT2D eigenvalue weighted by molar-refractivity contribution is 9.09.